The molecule has 31 heavy (non-hydrogen) atoms. The van der Waals surface area contributed by atoms with Crippen molar-refractivity contribution >= 4 is 28.8 Å². The molecule has 0 bridgehead atoms. The van der Waals surface area contributed by atoms with Crippen LogP contribution in [0.2, 0.25) is 0 Å². The lowest BCUT2D eigenvalue weighted by Crippen LogP contribution is -2.43. The molecule has 2 N–H and O–H groups in total. The average molecular weight is 434 g/mol. The number of hydrogen-bond donors (Lipinski definition) is 2. The number of rotatable bonds is 5. The predicted octanol–water partition coefficient (Wildman–Crippen LogP) is 4.22. The number of aryl methyl sites for hydroxylation is 2. The van der Waals surface area contributed by atoms with E-state index in [1.807, 2.05) is 38.1 Å². The fourth-order valence-corrected chi connectivity index (χ4v) is 5.04. The number of carbonyl (C=O) groups is 2. The van der Waals surface area contributed by atoms with E-state index < -0.39 is 11.8 Å². The minimum Gasteiger partial charge on any atom is -0.346 e. The van der Waals surface area contributed by atoms with Crippen LogP contribution >= 0.6 is 11.3 Å². The summed E-state index contributed by atoms with van der Waals surface area (Å²) in [6.07, 6.45) is 0.985. The monoisotopic (exact) mass is 433 g/mol. The summed E-state index contributed by atoms with van der Waals surface area (Å²) in [5, 5.41) is 7.62. The third-order valence-electron chi connectivity index (χ3n) is 5.61. The molecule has 0 unspecified atom stereocenters. The van der Waals surface area contributed by atoms with Crippen LogP contribution in [0.4, 0.5) is 5.69 Å². The van der Waals surface area contributed by atoms with Crippen LogP contribution in [0.3, 0.4) is 0 Å². The van der Waals surface area contributed by atoms with E-state index in [9.17, 15) is 9.59 Å². The zero-order valence-corrected chi connectivity index (χ0v) is 18.7. The fraction of sp³-hybridized carbons (Fsp3) is 0.280. The molecule has 0 fully saturated rings. The molecule has 6 heteroatoms. The summed E-state index contributed by atoms with van der Waals surface area (Å²) in [5.74, 6) is -1.25. The molecular weight excluding hydrogens is 406 g/mol. The number of nitrogens with zero attached hydrogens (tertiary/aromatic N) is 1. The zero-order valence-electron chi connectivity index (χ0n) is 17.9. The van der Waals surface area contributed by atoms with Crippen molar-refractivity contribution in [2.24, 2.45) is 0 Å². The van der Waals surface area contributed by atoms with Crippen molar-refractivity contribution in [2.75, 3.05) is 18.4 Å². The normalized spacial score (nSPS) is 14.5. The highest BCUT2D eigenvalue weighted by Crippen LogP contribution is 2.30. The number of benzene rings is 2. The maximum Gasteiger partial charge on any atom is 0.313 e. The van der Waals surface area contributed by atoms with Gasteiger partial charge in [0.2, 0.25) is 0 Å². The van der Waals surface area contributed by atoms with E-state index in [1.165, 1.54) is 16.0 Å². The van der Waals surface area contributed by atoms with Crippen LogP contribution in [0.5, 0.6) is 0 Å². The number of fused-ring (bicyclic) bond motifs is 1. The first kappa shape index (κ1) is 21.3. The molecule has 0 radical (unpaired) electrons. The van der Waals surface area contributed by atoms with Gasteiger partial charge in [-0.2, -0.15) is 0 Å². The Hall–Kier alpha value is -2.96. The second-order valence-corrected chi connectivity index (χ2v) is 9.04. The molecule has 0 saturated heterocycles. The van der Waals surface area contributed by atoms with Crippen molar-refractivity contribution in [1.82, 2.24) is 10.2 Å². The maximum atomic E-state index is 12.5. The van der Waals surface area contributed by atoms with Crippen molar-refractivity contribution < 1.29 is 9.59 Å². The highest BCUT2D eigenvalue weighted by molar-refractivity contribution is 7.10. The Kier molecular flexibility index (Phi) is 6.49. The first-order valence-corrected chi connectivity index (χ1v) is 11.4. The molecular formula is C25H27N3O2S. The van der Waals surface area contributed by atoms with Gasteiger partial charge in [-0.25, -0.2) is 0 Å². The van der Waals surface area contributed by atoms with Crippen LogP contribution in [0, 0.1) is 13.8 Å². The van der Waals surface area contributed by atoms with E-state index in [2.05, 4.69) is 51.2 Å². The molecule has 0 saturated carbocycles. The van der Waals surface area contributed by atoms with Gasteiger partial charge in [-0.1, -0.05) is 36.4 Å². The van der Waals surface area contributed by atoms with Crippen LogP contribution < -0.4 is 10.6 Å². The van der Waals surface area contributed by atoms with Gasteiger partial charge < -0.3 is 10.6 Å². The number of carbonyl (C=O) groups excluding carboxylic acids is 2. The molecule has 0 spiro atoms. The summed E-state index contributed by atoms with van der Waals surface area (Å²) >= 11 is 1.68. The summed E-state index contributed by atoms with van der Waals surface area (Å²) in [4.78, 5) is 28.5. The van der Waals surface area contributed by atoms with Crippen LogP contribution in [-0.4, -0.2) is 29.8 Å². The smallest absolute Gasteiger partial charge is 0.313 e. The highest BCUT2D eigenvalue weighted by Gasteiger charge is 2.26. The van der Waals surface area contributed by atoms with Gasteiger partial charge in [0, 0.05) is 30.2 Å². The van der Waals surface area contributed by atoms with Gasteiger partial charge in [0.25, 0.3) is 0 Å². The number of amides is 2. The Balaban J connectivity index is 1.42. The molecule has 2 amide bonds. The predicted molar refractivity (Wildman–Crippen MR) is 125 cm³/mol. The largest absolute Gasteiger partial charge is 0.346 e. The van der Waals surface area contributed by atoms with E-state index in [0.717, 1.165) is 30.6 Å². The van der Waals surface area contributed by atoms with Gasteiger partial charge in [-0.3, -0.25) is 14.5 Å². The molecule has 5 nitrogen and oxygen atoms in total. The van der Waals surface area contributed by atoms with Crippen molar-refractivity contribution in [1.29, 1.82) is 0 Å². The standard InChI is InChI=1S/C25H27N3O2S/c1-17-12-18(2)14-21(13-17)27-25(30)24(29)26-15-22(23-8-5-11-31-23)28-10-9-19-6-3-4-7-20(19)16-28/h3-8,11-14,22H,9-10,15-16H2,1-2H3,(H,26,29)(H,27,30)/t22-/m1/s1. The van der Waals surface area contributed by atoms with Crippen LogP contribution in [0.1, 0.15) is 33.2 Å². The van der Waals surface area contributed by atoms with Crippen LogP contribution in [-0.2, 0) is 22.6 Å². The third kappa shape index (κ3) is 5.21. The molecule has 1 aromatic heterocycles. The van der Waals surface area contributed by atoms with Crippen molar-refractivity contribution in [3.05, 3.63) is 87.1 Å². The number of thiophene rings is 1. The summed E-state index contributed by atoms with van der Waals surface area (Å²) in [5.41, 5.74) is 5.44. The van der Waals surface area contributed by atoms with Crippen LogP contribution in [0.15, 0.2) is 60.0 Å². The van der Waals surface area contributed by atoms with Crippen LogP contribution in [0.25, 0.3) is 0 Å². The Bertz CT molecular complexity index is 1060. The zero-order chi connectivity index (χ0) is 21.8. The Morgan fingerprint density at radius 1 is 1.00 bits per heavy atom. The highest BCUT2D eigenvalue weighted by atomic mass is 32.1. The van der Waals surface area contributed by atoms with Gasteiger partial charge in [0.15, 0.2) is 0 Å². The molecule has 1 atom stereocenters. The topological polar surface area (TPSA) is 61.4 Å². The van der Waals surface area contributed by atoms with E-state index >= 15 is 0 Å². The van der Waals surface area contributed by atoms with E-state index in [4.69, 9.17) is 0 Å². The first-order valence-electron chi connectivity index (χ1n) is 10.5. The first-order chi connectivity index (χ1) is 15.0. The second-order valence-electron chi connectivity index (χ2n) is 8.06. The minimum absolute atomic E-state index is 0.0336. The number of hydrogen-bond acceptors (Lipinski definition) is 4. The lowest BCUT2D eigenvalue weighted by molar-refractivity contribution is -0.136. The molecule has 2 aromatic carbocycles. The molecule has 0 aliphatic carbocycles. The Morgan fingerprint density at radius 3 is 2.45 bits per heavy atom. The van der Waals surface area contributed by atoms with Crippen molar-refractivity contribution in [3.8, 4) is 0 Å². The Labute approximate surface area is 187 Å². The molecule has 160 valence electrons. The Morgan fingerprint density at radius 2 is 1.74 bits per heavy atom. The van der Waals surface area contributed by atoms with Gasteiger partial charge in [-0.15, -0.1) is 11.3 Å². The number of anilines is 1. The summed E-state index contributed by atoms with van der Waals surface area (Å²) in [6.45, 7) is 6.08. The molecule has 3 aromatic rings. The van der Waals surface area contributed by atoms with Crippen molar-refractivity contribution in [3.63, 3.8) is 0 Å². The average Bonchev–Trinajstić information content (AvgIpc) is 3.27. The van der Waals surface area contributed by atoms with E-state index in [0.29, 0.717) is 12.2 Å². The van der Waals surface area contributed by atoms with E-state index in [1.54, 1.807) is 11.3 Å². The third-order valence-corrected chi connectivity index (χ3v) is 6.59. The van der Waals surface area contributed by atoms with Gasteiger partial charge >= 0.3 is 11.8 Å². The maximum absolute atomic E-state index is 12.5. The minimum atomic E-state index is -0.640. The van der Waals surface area contributed by atoms with Gasteiger partial charge in [0.05, 0.1) is 6.04 Å². The quantitative estimate of drug-likeness (QED) is 0.593. The summed E-state index contributed by atoms with van der Waals surface area (Å²) in [7, 11) is 0. The lowest BCUT2D eigenvalue weighted by atomic mass is 9.98. The van der Waals surface area contributed by atoms with Gasteiger partial charge in [-0.05, 0) is 66.1 Å². The van der Waals surface area contributed by atoms with E-state index in [-0.39, 0.29) is 6.04 Å². The summed E-state index contributed by atoms with van der Waals surface area (Å²) in [6, 6.07) is 18.4. The molecule has 2 heterocycles. The second kappa shape index (κ2) is 9.45. The molecule has 4 rings (SSSR count). The fourth-order valence-electron chi connectivity index (χ4n) is 4.18. The number of nitrogens with one attached hydrogen (secondary N) is 2. The van der Waals surface area contributed by atoms with Gasteiger partial charge in [0.1, 0.15) is 0 Å². The van der Waals surface area contributed by atoms with Crippen molar-refractivity contribution in [2.45, 2.75) is 32.9 Å². The molecule has 1 aliphatic rings. The molecule has 1 aliphatic heterocycles. The summed E-state index contributed by atoms with van der Waals surface area (Å²) < 4.78 is 0. The lowest BCUT2D eigenvalue weighted by Gasteiger charge is -2.35. The SMILES string of the molecule is Cc1cc(C)cc(NC(=O)C(=O)NC[C@H](c2cccs2)N2CCc3ccccc3C2)c1.